The second kappa shape index (κ2) is 5.19. The van der Waals surface area contributed by atoms with Gasteiger partial charge in [-0.1, -0.05) is 22.0 Å². The molecule has 1 aromatic carbocycles. The van der Waals surface area contributed by atoms with Crippen LogP contribution in [0.3, 0.4) is 0 Å². The summed E-state index contributed by atoms with van der Waals surface area (Å²) in [6.07, 6.45) is 0.992. The number of nitrogens with one attached hydrogen (secondary N) is 1. The minimum atomic E-state index is -0.0221. The average Bonchev–Trinajstić information content (AvgIpc) is 2.68. The number of hydrogen-bond donors (Lipinski definition) is 1. The van der Waals surface area contributed by atoms with E-state index in [2.05, 4.69) is 21.2 Å². The van der Waals surface area contributed by atoms with E-state index in [9.17, 15) is 4.79 Å². The number of aryl methyl sites for hydroxylation is 1. The molecule has 4 heteroatoms. The van der Waals surface area contributed by atoms with Crippen molar-refractivity contribution in [1.29, 1.82) is 0 Å². The second-order valence-corrected chi connectivity index (χ2v) is 5.32. The highest BCUT2D eigenvalue weighted by Crippen LogP contribution is 2.18. The summed E-state index contributed by atoms with van der Waals surface area (Å²) in [5.41, 5.74) is 1.70. The van der Waals surface area contributed by atoms with E-state index in [1.165, 1.54) is 0 Å². The third-order valence-corrected chi connectivity index (χ3v) is 3.63. The molecule has 1 aromatic rings. The molecule has 1 amide bonds. The molecule has 92 valence electrons. The summed E-state index contributed by atoms with van der Waals surface area (Å²) in [6, 6.07) is 5.85. The number of rotatable bonds is 2. The normalized spacial score (nSPS) is 23.7. The Labute approximate surface area is 110 Å². The monoisotopic (exact) mass is 297 g/mol. The molecule has 1 heterocycles. The fourth-order valence-electron chi connectivity index (χ4n) is 2.01. The average molecular weight is 298 g/mol. The topological polar surface area (TPSA) is 38.3 Å². The molecule has 2 atom stereocenters. The van der Waals surface area contributed by atoms with E-state index in [-0.39, 0.29) is 18.1 Å². The SMILES string of the molecule is Cc1ccc(Br)cc1C(=O)NC1CCOC1C. The van der Waals surface area contributed by atoms with Crippen LogP contribution in [-0.2, 0) is 4.74 Å². The van der Waals surface area contributed by atoms with Crippen LogP contribution in [0.1, 0.15) is 29.3 Å². The van der Waals surface area contributed by atoms with Gasteiger partial charge in [0.25, 0.3) is 5.91 Å². The van der Waals surface area contributed by atoms with Gasteiger partial charge in [0.05, 0.1) is 12.1 Å². The summed E-state index contributed by atoms with van der Waals surface area (Å²) in [5.74, 6) is -0.0221. The van der Waals surface area contributed by atoms with Gasteiger partial charge in [-0.15, -0.1) is 0 Å². The van der Waals surface area contributed by atoms with Crippen LogP contribution in [-0.4, -0.2) is 24.7 Å². The molecule has 0 bridgehead atoms. The van der Waals surface area contributed by atoms with Gasteiger partial charge < -0.3 is 10.1 Å². The molecule has 2 unspecified atom stereocenters. The van der Waals surface area contributed by atoms with Crippen molar-refractivity contribution in [3.05, 3.63) is 33.8 Å². The zero-order chi connectivity index (χ0) is 12.4. The van der Waals surface area contributed by atoms with Gasteiger partial charge in [-0.3, -0.25) is 4.79 Å². The molecule has 1 N–H and O–H groups in total. The van der Waals surface area contributed by atoms with Crippen molar-refractivity contribution in [2.45, 2.75) is 32.4 Å². The molecular formula is C13H16BrNO2. The van der Waals surface area contributed by atoms with Crippen molar-refractivity contribution in [3.63, 3.8) is 0 Å². The first kappa shape index (κ1) is 12.6. The standard InChI is InChI=1S/C13H16BrNO2/c1-8-3-4-10(14)7-11(8)13(16)15-12-5-6-17-9(12)2/h3-4,7,9,12H,5-6H2,1-2H3,(H,15,16). The van der Waals surface area contributed by atoms with E-state index in [4.69, 9.17) is 4.74 Å². The highest BCUT2D eigenvalue weighted by atomic mass is 79.9. The van der Waals surface area contributed by atoms with Crippen molar-refractivity contribution in [1.82, 2.24) is 5.32 Å². The number of carbonyl (C=O) groups is 1. The van der Waals surface area contributed by atoms with Gasteiger partial charge in [0, 0.05) is 16.6 Å². The molecule has 0 aromatic heterocycles. The van der Waals surface area contributed by atoms with E-state index in [0.29, 0.717) is 0 Å². The quantitative estimate of drug-likeness (QED) is 0.911. The van der Waals surface area contributed by atoms with E-state index in [1.807, 2.05) is 32.0 Å². The van der Waals surface area contributed by atoms with Crippen LogP contribution in [0.5, 0.6) is 0 Å². The Bertz CT molecular complexity index is 433. The molecule has 0 spiro atoms. The largest absolute Gasteiger partial charge is 0.376 e. The fourth-order valence-corrected chi connectivity index (χ4v) is 2.37. The number of amides is 1. The Morgan fingerprint density at radius 2 is 2.29 bits per heavy atom. The molecule has 0 radical (unpaired) electrons. The fraction of sp³-hybridized carbons (Fsp3) is 0.462. The van der Waals surface area contributed by atoms with Crippen LogP contribution in [0, 0.1) is 6.92 Å². The van der Waals surface area contributed by atoms with Crippen molar-refractivity contribution in [2.24, 2.45) is 0 Å². The van der Waals surface area contributed by atoms with Gasteiger partial charge in [0.15, 0.2) is 0 Å². The lowest BCUT2D eigenvalue weighted by molar-refractivity contribution is 0.0865. The Morgan fingerprint density at radius 3 is 2.94 bits per heavy atom. The molecule has 1 saturated heterocycles. The lowest BCUT2D eigenvalue weighted by atomic mass is 10.1. The summed E-state index contributed by atoms with van der Waals surface area (Å²) in [7, 11) is 0. The lowest BCUT2D eigenvalue weighted by Gasteiger charge is -2.16. The first-order valence-corrected chi connectivity index (χ1v) is 6.56. The zero-order valence-electron chi connectivity index (χ0n) is 10.00. The predicted octanol–water partition coefficient (Wildman–Crippen LogP) is 2.66. The first-order chi connectivity index (χ1) is 8.08. The molecule has 1 aliphatic heterocycles. The van der Waals surface area contributed by atoms with Crippen LogP contribution in [0.25, 0.3) is 0 Å². The second-order valence-electron chi connectivity index (χ2n) is 4.40. The van der Waals surface area contributed by atoms with Gasteiger partial charge >= 0.3 is 0 Å². The van der Waals surface area contributed by atoms with Gasteiger partial charge in [0.1, 0.15) is 0 Å². The van der Waals surface area contributed by atoms with E-state index < -0.39 is 0 Å². The molecular weight excluding hydrogens is 282 g/mol. The van der Waals surface area contributed by atoms with Gasteiger partial charge in [-0.05, 0) is 38.0 Å². The first-order valence-electron chi connectivity index (χ1n) is 5.76. The summed E-state index contributed by atoms with van der Waals surface area (Å²) in [5, 5.41) is 3.03. The van der Waals surface area contributed by atoms with Gasteiger partial charge in [0.2, 0.25) is 0 Å². The number of carbonyl (C=O) groups excluding carboxylic acids is 1. The summed E-state index contributed by atoms with van der Waals surface area (Å²) >= 11 is 3.38. The molecule has 0 saturated carbocycles. The maximum atomic E-state index is 12.1. The van der Waals surface area contributed by atoms with E-state index in [1.54, 1.807) is 0 Å². The van der Waals surface area contributed by atoms with Crippen molar-refractivity contribution in [3.8, 4) is 0 Å². The molecule has 3 nitrogen and oxygen atoms in total. The molecule has 1 aliphatic rings. The minimum Gasteiger partial charge on any atom is -0.376 e. The number of hydrogen-bond acceptors (Lipinski definition) is 2. The summed E-state index contributed by atoms with van der Waals surface area (Å²) < 4.78 is 6.35. The third-order valence-electron chi connectivity index (χ3n) is 3.14. The number of benzene rings is 1. The Morgan fingerprint density at radius 1 is 1.53 bits per heavy atom. The van der Waals surface area contributed by atoms with E-state index in [0.717, 1.165) is 28.6 Å². The smallest absolute Gasteiger partial charge is 0.251 e. The van der Waals surface area contributed by atoms with Gasteiger partial charge in [-0.2, -0.15) is 0 Å². The number of halogens is 1. The summed E-state index contributed by atoms with van der Waals surface area (Å²) in [4.78, 5) is 12.1. The van der Waals surface area contributed by atoms with Gasteiger partial charge in [-0.25, -0.2) is 0 Å². The maximum absolute atomic E-state index is 12.1. The van der Waals surface area contributed by atoms with Crippen LogP contribution in [0.4, 0.5) is 0 Å². The zero-order valence-corrected chi connectivity index (χ0v) is 11.6. The molecule has 1 fully saturated rings. The Kier molecular flexibility index (Phi) is 3.84. The van der Waals surface area contributed by atoms with Crippen LogP contribution < -0.4 is 5.32 Å². The number of ether oxygens (including phenoxy) is 1. The molecule has 2 rings (SSSR count). The highest BCUT2D eigenvalue weighted by molar-refractivity contribution is 9.10. The lowest BCUT2D eigenvalue weighted by Crippen LogP contribution is -2.39. The highest BCUT2D eigenvalue weighted by Gasteiger charge is 2.26. The summed E-state index contributed by atoms with van der Waals surface area (Å²) in [6.45, 7) is 4.66. The van der Waals surface area contributed by atoms with Crippen molar-refractivity contribution < 1.29 is 9.53 Å². The minimum absolute atomic E-state index is 0.0221. The Balaban J connectivity index is 2.11. The molecule has 0 aliphatic carbocycles. The van der Waals surface area contributed by atoms with Crippen molar-refractivity contribution in [2.75, 3.05) is 6.61 Å². The maximum Gasteiger partial charge on any atom is 0.251 e. The van der Waals surface area contributed by atoms with Crippen LogP contribution >= 0.6 is 15.9 Å². The molecule has 17 heavy (non-hydrogen) atoms. The van der Waals surface area contributed by atoms with Crippen molar-refractivity contribution >= 4 is 21.8 Å². The Hall–Kier alpha value is -0.870. The van der Waals surface area contributed by atoms with E-state index >= 15 is 0 Å². The van der Waals surface area contributed by atoms with Crippen LogP contribution in [0.15, 0.2) is 22.7 Å². The third kappa shape index (κ3) is 2.87. The van der Waals surface area contributed by atoms with Crippen LogP contribution in [0.2, 0.25) is 0 Å². The predicted molar refractivity (Wildman–Crippen MR) is 70.2 cm³/mol.